The molecular weight excluding hydrogens is 280 g/mol. The quantitative estimate of drug-likeness (QED) is 0.876. The fourth-order valence-corrected chi connectivity index (χ4v) is 2.49. The molecule has 0 atom stereocenters. The molecule has 0 fully saturated rings. The normalized spacial score (nSPS) is 14.7. The molecule has 0 aliphatic carbocycles. The van der Waals surface area contributed by atoms with Crippen LogP contribution in [0.2, 0.25) is 0 Å². The molecule has 0 unspecified atom stereocenters. The number of fused-ring (bicyclic) bond motifs is 1. The Morgan fingerprint density at radius 3 is 3.12 bits per heavy atom. The average Bonchev–Trinajstić information content (AvgIpc) is 2.76. The molecule has 1 aromatic carbocycles. The summed E-state index contributed by atoms with van der Waals surface area (Å²) in [5.74, 6) is 1.99. The molecule has 1 aromatic heterocycles. The molecule has 0 spiro atoms. The molecule has 88 valence electrons. The van der Waals surface area contributed by atoms with Gasteiger partial charge in [-0.1, -0.05) is 22.0 Å². The smallest absolute Gasteiger partial charge is 0.164 e. The number of nitrogens with zero attached hydrogens (tertiary/aromatic N) is 3. The Labute approximate surface area is 108 Å². The van der Waals surface area contributed by atoms with Crippen molar-refractivity contribution in [1.82, 2.24) is 20.1 Å². The Bertz CT molecular complexity index is 562. The van der Waals surface area contributed by atoms with E-state index in [1.807, 2.05) is 6.07 Å². The number of halogens is 1. The Kier molecular flexibility index (Phi) is 2.72. The second-order valence-electron chi connectivity index (χ2n) is 4.23. The molecule has 0 radical (unpaired) electrons. The van der Waals surface area contributed by atoms with Crippen LogP contribution in [0.25, 0.3) is 11.4 Å². The molecule has 0 saturated heterocycles. The number of benzene rings is 1. The number of aromatic nitrogens is 3. The topological polar surface area (TPSA) is 42.7 Å². The first-order valence-corrected chi connectivity index (χ1v) is 6.44. The summed E-state index contributed by atoms with van der Waals surface area (Å²) < 4.78 is 3.27. The SMILES string of the molecule is Cc1ccc(Br)cc1-c1nnc2n1CCNC2. The zero-order chi connectivity index (χ0) is 11.8. The number of hydrogen-bond donors (Lipinski definition) is 1. The molecule has 0 bridgehead atoms. The van der Waals surface area contributed by atoms with Gasteiger partial charge in [0.1, 0.15) is 5.82 Å². The van der Waals surface area contributed by atoms with Crippen LogP contribution in [0, 0.1) is 6.92 Å². The highest BCUT2D eigenvalue weighted by atomic mass is 79.9. The predicted molar refractivity (Wildman–Crippen MR) is 69.6 cm³/mol. The maximum Gasteiger partial charge on any atom is 0.164 e. The standard InChI is InChI=1S/C12H13BrN4/c1-8-2-3-9(13)6-10(8)12-16-15-11-7-14-4-5-17(11)12/h2-3,6,14H,4-5,7H2,1H3. The first-order chi connectivity index (χ1) is 8.25. The van der Waals surface area contributed by atoms with E-state index in [2.05, 4.69) is 55.1 Å². The van der Waals surface area contributed by atoms with E-state index in [1.54, 1.807) is 0 Å². The minimum absolute atomic E-state index is 0.806. The van der Waals surface area contributed by atoms with Crippen molar-refractivity contribution in [2.75, 3.05) is 6.54 Å². The molecule has 2 heterocycles. The van der Waals surface area contributed by atoms with Crippen molar-refractivity contribution < 1.29 is 0 Å². The monoisotopic (exact) mass is 292 g/mol. The maximum atomic E-state index is 4.32. The van der Waals surface area contributed by atoms with Crippen molar-refractivity contribution in [3.05, 3.63) is 34.1 Å². The van der Waals surface area contributed by atoms with Crippen molar-refractivity contribution in [2.45, 2.75) is 20.0 Å². The summed E-state index contributed by atoms with van der Waals surface area (Å²) in [6, 6.07) is 6.25. The van der Waals surface area contributed by atoms with Gasteiger partial charge in [-0.15, -0.1) is 10.2 Å². The van der Waals surface area contributed by atoms with Gasteiger partial charge in [0.15, 0.2) is 5.82 Å². The summed E-state index contributed by atoms with van der Waals surface area (Å²) in [5, 5.41) is 11.9. The minimum Gasteiger partial charge on any atom is -0.309 e. The molecule has 17 heavy (non-hydrogen) atoms. The van der Waals surface area contributed by atoms with Gasteiger partial charge in [0.25, 0.3) is 0 Å². The molecule has 0 saturated carbocycles. The third-order valence-corrected chi connectivity index (χ3v) is 3.56. The van der Waals surface area contributed by atoms with Crippen molar-refractivity contribution in [3.8, 4) is 11.4 Å². The Morgan fingerprint density at radius 2 is 2.24 bits per heavy atom. The summed E-state index contributed by atoms with van der Waals surface area (Å²) in [6.45, 7) is 4.82. The first kappa shape index (κ1) is 10.9. The van der Waals surface area contributed by atoms with Gasteiger partial charge in [-0.3, -0.25) is 0 Å². The lowest BCUT2D eigenvalue weighted by Gasteiger charge is -2.16. The largest absolute Gasteiger partial charge is 0.309 e. The van der Waals surface area contributed by atoms with E-state index in [-0.39, 0.29) is 0 Å². The van der Waals surface area contributed by atoms with Crippen LogP contribution >= 0.6 is 15.9 Å². The van der Waals surface area contributed by atoms with Crippen LogP contribution in [0.1, 0.15) is 11.4 Å². The van der Waals surface area contributed by atoms with Crippen molar-refractivity contribution in [2.24, 2.45) is 0 Å². The summed E-state index contributed by atoms with van der Waals surface area (Å²) in [4.78, 5) is 0. The summed E-state index contributed by atoms with van der Waals surface area (Å²) in [7, 11) is 0. The zero-order valence-corrected chi connectivity index (χ0v) is 11.2. The lowest BCUT2D eigenvalue weighted by atomic mass is 10.1. The number of aryl methyl sites for hydroxylation is 1. The van der Waals surface area contributed by atoms with Crippen LogP contribution in [0.5, 0.6) is 0 Å². The van der Waals surface area contributed by atoms with Crippen LogP contribution in [0.3, 0.4) is 0 Å². The first-order valence-electron chi connectivity index (χ1n) is 5.65. The second kappa shape index (κ2) is 4.23. The molecular formula is C12H13BrN4. The molecule has 1 aliphatic heterocycles. The van der Waals surface area contributed by atoms with Gasteiger partial charge < -0.3 is 9.88 Å². The molecule has 2 aromatic rings. The van der Waals surface area contributed by atoms with Gasteiger partial charge >= 0.3 is 0 Å². The van der Waals surface area contributed by atoms with E-state index < -0.39 is 0 Å². The fourth-order valence-electron chi connectivity index (χ4n) is 2.13. The van der Waals surface area contributed by atoms with E-state index in [9.17, 15) is 0 Å². The van der Waals surface area contributed by atoms with Gasteiger partial charge in [0, 0.05) is 23.1 Å². The van der Waals surface area contributed by atoms with Gasteiger partial charge in [-0.05, 0) is 24.6 Å². The van der Waals surface area contributed by atoms with Gasteiger partial charge in [-0.25, -0.2) is 0 Å². The molecule has 5 heteroatoms. The predicted octanol–water partition coefficient (Wildman–Crippen LogP) is 2.12. The third-order valence-electron chi connectivity index (χ3n) is 3.06. The average molecular weight is 293 g/mol. The van der Waals surface area contributed by atoms with Crippen molar-refractivity contribution in [1.29, 1.82) is 0 Å². The summed E-state index contributed by atoms with van der Waals surface area (Å²) in [5.41, 5.74) is 2.38. The Balaban J connectivity index is 2.15. The molecule has 4 nitrogen and oxygen atoms in total. The van der Waals surface area contributed by atoms with E-state index in [1.165, 1.54) is 5.56 Å². The van der Waals surface area contributed by atoms with E-state index >= 15 is 0 Å². The summed E-state index contributed by atoms with van der Waals surface area (Å²) >= 11 is 3.51. The number of rotatable bonds is 1. The fraction of sp³-hybridized carbons (Fsp3) is 0.333. The molecule has 3 rings (SSSR count). The van der Waals surface area contributed by atoms with Crippen LogP contribution < -0.4 is 5.32 Å². The van der Waals surface area contributed by atoms with Crippen molar-refractivity contribution in [3.63, 3.8) is 0 Å². The zero-order valence-electron chi connectivity index (χ0n) is 9.57. The maximum absolute atomic E-state index is 4.32. The lowest BCUT2D eigenvalue weighted by molar-refractivity contribution is 0.508. The summed E-state index contributed by atoms with van der Waals surface area (Å²) in [6.07, 6.45) is 0. The lowest BCUT2D eigenvalue weighted by Crippen LogP contribution is -2.28. The highest BCUT2D eigenvalue weighted by Crippen LogP contribution is 2.26. The van der Waals surface area contributed by atoms with E-state index in [4.69, 9.17) is 0 Å². The van der Waals surface area contributed by atoms with Crippen LogP contribution in [-0.2, 0) is 13.1 Å². The van der Waals surface area contributed by atoms with Crippen LogP contribution in [-0.4, -0.2) is 21.3 Å². The van der Waals surface area contributed by atoms with E-state index in [0.29, 0.717) is 0 Å². The highest BCUT2D eigenvalue weighted by molar-refractivity contribution is 9.10. The minimum atomic E-state index is 0.806. The van der Waals surface area contributed by atoms with Crippen molar-refractivity contribution >= 4 is 15.9 Å². The van der Waals surface area contributed by atoms with Gasteiger partial charge in [-0.2, -0.15) is 0 Å². The van der Waals surface area contributed by atoms with Crippen LogP contribution in [0.15, 0.2) is 22.7 Å². The van der Waals surface area contributed by atoms with Gasteiger partial charge in [0.05, 0.1) is 6.54 Å². The molecule has 0 amide bonds. The molecule has 1 N–H and O–H groups in total. The Morgan fingerprint density at radius 1 is 1.35 bits per heavy atom. The third kappa shape index (κ3) is 1.89. The second-order valence-corrected chi connectivity index (χ2v) is 5.14. The molecule has 1 aliphatic rings. The Hall–Kier alpha value is -1.20. The highest BCUT2D eigenvalue weighted by Gasteiger charge is 2.17. The van der Waals surface area contributed by atoms with Crippen LogP contribution in [0.4, 0.5) is 0 Å². The van der Waals surface area contributed by atoms with Gasteiger partial charge in [0.2, 0.25) is 0 Å². The van der Waals surface area contributed by atoms with E-state index in [0.717, 1.165) is 41.3 Å². The number of nitrogens with one attached hydrogen (secondary N) is 1. The number of hydrogen-bond acceptors (Lipinski definition) is 3.